The fourth-order valence-corrected chi connectivity index (χ4v) is 0.414. The van der Waals surface area contributed by atoms with Crippen molar-refractivity contribution in [3.05, 3.63) is 0 Å². The Hall–Kier alpha value is -1.06. The monoisotopic (exact) mass is 205 g/mol. The number of carboxylic acid groups (broad SMARTS) is 1. The second-order valence-electron chi connectivity index (χ2n) is 2.42. The molecule has 0 bridgehead atoms. The van der Waals surface area contributed by atoms with Crippen LogP contribution in [0.1, 0.15) is 53.4 Å². The highest BCUT2D eigenvalue weighted by molar-refractivity contribution is 5.74. The van der Waals surface area contributed by atoms with E-state index in [1.807, 2.05) is 13.8 Å². The molecule has 1 amide bonds. The van der Waals surface area contributed by atoms with Gasteiger partial charge < -0.3 is 10.8 Å². The molecule has 0 saturated heterocycles. The van der Waals surface area contributed by atoms with E-state index in [0.717, 1.165) is 0 Å². The molecule has 4 nitrogen and oxygen atoms in total. The molecule has 3 N–H and O–H groups in total. The fraction of sp³-hybridized carbons (Fsp3) is 0.800. The lowest BCUT2D eigenvalue weighted by Gasteiger charge is -1.89. The van der Waals surface area contributed by atoms with E-state index < -0.39 is 11.9 Å². The maximum atomic E-state index is 10.0. The summed E-state index contributed by atoms with van der Waals surface area (Å²) < 4.78 is 0. The van der Waals surface area contributed by atoms with Gasteiger partial charge in [-0.15, -0.1) is 0 Å². The molecule has 0 aliphatic carbocycles. The number of aliphatic carboxylic acids is 1. The summed E-state index contributed by atoms with van der Waals surface area (Å²) in [6, 6.07) is 0. The molecule has 0 aliphatic rings. The van der Waals surface area contributed by atoms with E-state index in [1.165, 1.54) is 6.42 Å². The average molecular weight is 205 g/mol. The van der Waals surface area contributed by atoms with E-state index in [9.17, 15) is 9.59 Å². The van der Waals surface area contributed by atoms with E-state index in [1.54, 1.807) is 0 Å². The van der Waals surface area contributed by atoms with E-state index in [-0.39, 0.29) is 12.8 Å². The molecular weight excluding hydrogens is 182 g/mol. The SMILES string of the molecule is CC.CCC.NC(=O)CCCC(=O)O. The Morgan fingerprint density at radius 2 is 1.50 bits per heavy atom. The van der Waals surface area contributed by atoms with E-state index >= 15 is 0 Å². The van der Waals surface area contributed by atoms with Crippen molar-refractivity contribution < 1.29 is 14.7 Å². The molecule has 0 rings (SSSR count). The lowest BCUT2D eigenvalue weighted by atomic mass is 10.2. The normalized spacial score (nSPS) is 7.43. The topological polar surface area (TPSA) is 80.4 Å². The van der Waals surface area contributed by atoms with Gasteiger partial charge in [-0.1, -0.05) is 34.1 Å². The molecule has 0 aromatic carbocycles. The molecule has 0 aromatic heterocycles. The number of nitrogens with two attached hydrogens (primary N) is 1. The van der Waals surface area contributed by atoms with Gasteiger partial charge in [0.15, 0.2) is 0 Å². The summed E-state index contributed by atoms with van der Waals surface area (Å²) in [6.07, 6.45) is 1.76. The maximum Gasteiger partial charge on any atom is 0.303 e. The van der Waals surface area contributed by atoms with Crippen molar-refractivity contribution in [1.82, 2.24) is 0 Å². The van der Waals surface area contributed by atoms with Gasteiger partial charge >= 0.3 is 5.97 Å². The Morgan fingerprint density at radius 1 is 1.14 bits per heavy atom. The number of carbonyl (C=O) groups is 2. The number of hydrogen-bond acceptors (Lipinski definition) is 2. The van der Waals surface area contributed by atoms with Crippen molar-refractivity contribution in [3.63, 3.8) is 0 Å². The molecule has 0 radical (unpaired) electrons. The molecule has 0 aromatic rings. The number of rotatable bonds is 4. The van der Waals surface area contributed by atoms with Crippen molar-refractivity contribution in [2.24, 2.45) is 5.73 Å². The number of carboxylic acids is 1. The van der Waals surface area contributed by atoms with Crippen molar-refractivity contribution in [2.45, 2.75) is 53.4 Å². The second-order valence-corrected chi connectivity index (χ2v) is 2.42. The van der Waals surface area contributed by atoms with Crippen LogP contribution >= 0.6 is 0 Å². The lowest BCUT2D eigenvalue weighted by Crippen LogP contribution is -2.10. The van der Waals surface area contributed by atoms with Gasteiger partial charge in [-0.3, -0.25) is 9.59 Å². The fourth-order valence-electron chi connectivity index (χ4n) is 0.414. The Morgan fingerprint density at radius 3 is 1.71 bits per heavy atom. The van der Waals surface area contributed by atoms with Crippen LogP contribution in [0.15, 0.2) is 0 Å². The van der Waals surface area contributed by atoms with Crippen LogP contribution in [0.4, 0.5) is 0 Å². The summed E-state index contributed by atoms with van der Waals surface area (Å²) in [6.45, 7) is 8.25. The van der Waals surface area contributed by atoms with Crippen molar-refractivity contribution in [1.29, 1.82) is 0 Å². The summed E-state index contributed by atoms with van der Waals surface area (Å²) in [7, 11) is 0. The van der Waals surface area contributed by atoms with Gasteiger partial charge in [-0.2, -0.15) is 0 Å². The summed E-state index contributed by atoms with van der Waals surface area (Å²) >= 11 is 0. The predicted molar refractivity (Wildman–Crippen MR) is 58.0 cm³/mol. The van der Waals surface area contributed by atoms with Crippen LogP contribution in [0, 0.1) is 0 Å². The Bertz CT molecular complexity index is 121. The van der Waals surface area contributed by atoms with Crippen LogP contribution in [0.3, 0.4) is 0 Å². The third kappa shape index (κ3) is 44.3. The maximum absolute atomic E-state index is 10.0. The van der Waals surface area contributed by atoms with Crippen molar-refractivity contribution in [3.8, 4) is 0 Å². The van der Waals surface area contributed by atoms with Gasteiger partial charge in [0.1, 0.15) is 0 Å². The standard InChI is InChI=1S/C5H9NO3.C3H8.C2H6/c6-4(7)2-1-3-5(8)9;1-3-2;1-2/h1-3H2,(H2,6,7)(H,8,9);3H2,1-2H3;1-2H3. The Labute approximate surface area is 86.5 Å². The van der Waals surface area contributed by atoms with Crippen LogP contribution < -0.4 is 5.73 Å². The van der Waals surface area contributed by atoms with Crippen LogP contribution in [-0.4, -0.2) is 17.0 Å². The first-order valence-electron chi connectivity index (χ1n) is 5.04. The molecule has 4 heteroatoms. The zero-order valence-electron chi connectivity index (χ0n) is 9.67. The van der Waals surface area contributed by atoms with Crippen LogP contribution in [0.5, 0.6) is 0 Å². The van der Waals surface area contributed by atoms with E-state index in [4.69, 9.17) is 10.8 Å². The number of primary amides is 1. The minimum atomic E-state index is -0.892. The molecule has 14 heavy (non-hydrogen) atoms. The third-order valence-corrected chi connectivity index (χ3v) is 0.814. The first kappa shape index (κ1) is 18.7. The van der Waals surface area contributed by atoms with Gasteiger partial charge in [0.25, 0.3) is 0 Å². The van der Waals surface area contributed by atoms with E-state index in [2.05, 4.69) is 13.8 Å². The molecule has 0 unspecified atom stereocenters. The largest absolute Gasteiger partial charge is 0.481 e. The molecule has 0 spiro atoms. The van der Waals surface area contributed by atoms with Gasteiger partial charge in [0.2, 0.25) is 5.91 Å². The van der Waals surface area contributed by atoms with Crippen molar-refractivity contribution >= 4 is 11.9 Å². The van der Waals surface area contributed by atoms with Crippen LogP contribution in [0.2, 0.25) is 0 Å². The first-order valence-corrected chi connectivity index (χ1v) is 5.04. The molecule has 0 heterocycles. The lowest BCUT2D eigenvalue weighted by molar-refractivity contribution is -0.137. The molecule has 0 saturated carbocycles. The molecule has 86 valence electrons. The Balaban J connectivity index is -0.000000205. The molecular formula is C10H23NO3. The van der Waals surface area contributed by atoms with Crippen LogP contribution in [0.25, 0.3) is 0 Å². The third-order valence-electron chi connectivity index (χ3n) is 0.814. The average Bonchev–Trinajstić information content (AvgIpc) is 2.08. The minimum Gasteiger partial charge on any atom is -0.481 e. The first-order chi connectivity index (χ1) is 6.54. The zero-order chi connectivity index (χ0) is 12.0. The summed E-state index contributed by atoms with van der Waals surface area (Å²) in [5, 5.41) is 8.07. The quantitative estimate of drug-likeness (QED) is 0.738. The Kier molecular flexibility index (Phi) is 23.8. The number of carbonyl (C=O) groups excluding carboxylic acids is 1. The van der Waals surface area contributed by atoms with Gasteiger partial charge in [0, 0.05) is 12.8 Å². The highest BCUT2D eigenvalue weighted by atomic mass is 16.4. The van der Waals surface area contributed by atoms with Crippen molar-refractivity contribution in [2.75, 3.05) is 0 Å². The zero-order valence-corrected chi connectivity index (χ0v) is 9.67. The van der Waals surface area contributed by atoms with Gasteiger partial charge in [-0.05, 0) is 6.42 Å². The molecule has 0 aliphatic heterocycles. The summed E-state index contributed by atoms with van der Waals surface area (Å²) in [5.41, 5.74) is 4.75. The predicted octanol–water partition coefficient (Wildman–Crippen LogP) is 2.17. The molecule has 0 atom stereocenters. The van der Waals surface area contributed by atoms with Gasteiger partial charge in [0.05, 0.1) is 0 Å². The smallest absolute Gasteiger partial charge is 0.303 e. The summed E-state index contributed by atoms with van der Waals surface area (Å²) in [4.78, 5) is 19.8. The summed E-state index contributed by atoms with van der Waals surface area (Å²) in [5.74, 6) is -1.34. The van der Waals surface area contributed by atoms with Crippen LogP contribution in [-0.2, 0) is 9.59 Å². The van der Waals surface area contributed by atoms with Gasteiger partial charge in [-0.25, -0.2) is 0 Å². The number of amides is 1. The minimum absolute atomic E-state index is 0.0168. The number of hydrogen-bond donors (Lipinski definition) is 2. The highest BCUT2D eigenvalue weighted by Gasteiger charge is 1.98. The second kappa shape index (κ2) is 17.9. The van der Waals surface area contributed by atoms with E-state index in [0.29, 0.717) is 6.42 Å². The molecule has 0 fully saturated rings. The highest BCUT2D eigenvalue weighted by Crippen LogP contribution is 1.92.